The number of ether oxygens (including phenoxy) is 2. The van der Waals surface area contributed by atoms with E-state index in [9.17, 15) is 9.18 Å². The number of hydrogen-bond acceptors (Lipinski definition) is 7. The summed E-state index contributed by atoms with van der Waals surface area (Å²) < 4.78 is 26.2. The van der Waals surface area contributed by atoms with Gasteiger partial charge in [0, 0.05) is 41.4 Å². The van der Waals surface area contributed by atoms with Gasteiger partial charge in [0.25, 0.3) is 0 Å². The number of nitrogens with one attached hydrogen (secondary N) is 1. The van der Waals surface area contributed by atoms with Gasteiger partial charge in [-0.25, -0.2) is 19.2 Å². The molecule has 0 unspecified atom stereocenters. The first-order chi connectivity index (χ1) is 17.9. The highest BCUT2D eigenvalue weighted by atomic mass is 19.1. The smallest absolute Gasteiger partial charge is 0.410 e. The third-order valence-electron chi connectivity index (χ3n) is 6.46. The SMILES string of the molecule is COc1cc2nc(C)nc(N[C@H](C)c3cc(N)cc(C)c3F)c2cc1C1=CCN(C(=O)OC(C)(C)C)CC1. The Kier molecular flexibility index (Phi) is 7.49. The molecule has 0 radical (unpaired) electrons. The number of rotatable bonds is 5. The molecule has 0 fully saturated rings. The molecule has 2 heterocycles. The fourth-order valence-corrected chi connectivity index (χ4v) is 4.63. The van der Waals surface area contributed by atoms with Crippen LogP contribution in [0.5, 0.6) is 5.75 Å². The largest absolute Gasteiger partial charge is 0.496 e. The highest BCUT2D eigenvalue weighted by molar-refractivity contribution is 5.94. The molecule has 1 amide bonds. The van der Waals surface area contributed by atoms with E-state index in [0.717, 1.165) is 16.5 Å². The molecule has 0 aliphatic carbocycles. The van der Waals surface area contributed by atoms with Gasteiger partial charge in [-0.05, 0) is 77.3 Å². The third kappa shape index (κ3) is 5.82. The molecule has 1 aliphatic heterocycles. The number of fused-ring (bicyclic) bond motifs is 1. The van der Waals surface area contributed by atoms with Crippen molar-refractivity contribution in [2.24, 2.45) is 0 Å². The molecular weight excluding hydrogens is 485 g/mol. The quantitative estimate of drug-likeness (QED) is 0.387. The van der Waals surface area contributed by atoms with Crippen LogP contribution in [0.2, 0.25) is 0 Å². The Morgan fingerprint density at radius 2 is 1.92 bits per heavy atom. The summed E-state index contributed by atoms with van der Waals surface area (Å²) in [7, 11) is 1.63. The average molecular weight is 522 g/mol. The van der Waals surface area contributed by atoms with Crippen molar-refractivity contribution < 1.29 is 18.7 Å². The molecule has 0 saturated heterocycles. The molecule has 4 rings (SSSR count). The Morgan fingerprint density at radius 1 is 1.18 bits per heavy atom. The molecule has 202 valence electrons. The number of anilines is 2. The summed E-state index contributed by atoms with van der Waals surface area (Å²) in [6.07, 6.45) is 2.33. The third-order valence-corrected chi connectivity index (χ3v) is 6.46. The lowest BCUT2D eigenvalue weighted by Crippen LogP contribution is -2.39. The minimum atomic E-state index is -0.547. The van der Waals surface area contributed by atoms with E-state index < -0.39 is 11.6 Å². The Bertz CT molecular complexity index is 1410. The van der Waals surface area contributed by atoms with Crippen LogP contribution in [0.1, 0.15) is 62.7 Å². The second kappa shape index (κ2) is 10.5. The molecule has 38 heavy (non-hydrogen) atoms. The van der Waals surface area contributed by atoms with Crippen LogP contribution < -0.4 is 15.8 Å². The van der Waals surface area contributed by atoms with Crippen molar-refractivity contribution in [1.29, 1.82) is 0 Å². The van der Waals surface area contributed by atoms with Crippen LogP contribution in [-0.4, -0.2) is 46.8 Å². The van der Waals surface area contributed by atoms with Crippen LogP contribution in [0.15, 0.2) is 30.3 Å². The maximum absolute atomic E-state index is 14.9. The van der Waals surface area contributed by atoms with Crippen molar-refractivity contribution in [3.8, 4) is 5.75 Å². The molecule has 9 heteroatoms. The Morgan fingerprint density at radius 3 is 2.55 bits per heavy atom. The van der Waals surface area contributed by atoms with Crippen molar-refractivity contribution in [2.75, 3.05) is 31.2 Å². The first-order valence-corrected chi connectivity index (χ1v) is 12.7. The molecule has 0 spiro atoms. The predicted molar refractivity (Wildman–Crippen MR) is 149 cm³/mol. The zero-order valence-corrected chi connectivity index (χ0v) is 23.1. The minimum absolute atomic E-state index is 0.293. The maximum atomic E-state index is 14.9. The van der Waals surface area contributed by atoms with Crippen LogP contribution in [-0.2, 0) is 4.74 Å². The second-order valence-corrected chi connectivity index (χ2v) is 10.7. The van der Waals surface area contributed by atoms with E-state index in [1.807, 2.05) is 52.8 Å². The summed E-state index contributed by atoms with van der Waals surface area (Å²) in [6.45, 7) is 11.9. The van der Waals surface area contributed by atoms with Gasteiger partial charge in [-0.3, -0.25) is 0 Å². The highest BCUT2D eigenvalue weighted by Crippen LogP contribution is 2.37. The molecule has 1 aliphatic rings. The molecule has 1 atom stereocenters. The number of carbonyl (C=O) groups excluding carboxylic acids is 1. The van der Waals surface area contributed by atoms with E-state index in [2.05, 4.69) is 15.3 Å². The van der Waals surface area contributed by atoms with Crippen molar-refractivity contribution in [1.82, 2.24) is 14.9 Å². The van der Waals surface area contributed by atoms with Gasteiger partial charge in [-0.2, -0.15) is 0 Å². The summed E-state index contributed by atoms with van der Waals surface area (Å²) in [4.78, 5) is 23.5. The number of benzene rings is 2. The zero-order valence-electron chi connectivity index (χ0n) is 23.1. The molecule has 0 saturated carbocycles. The summed E-state index contributed by atoms with van der Waals surface area (Å²) in [5.41, 5.74) is 9.59. The fourth-order valence-electron chi connectivity index (χ4n) is 4.63. The summed E-state index contributed by atoms with van der Waals surface area (Å²) in [6, 6.07) is 6.76. The first-order valence-electron chi connectivity index (χ1n) is 12.7. The first kappa shape index (κ1) is 27.2. The Balaban J connectivity index is 1.69. The number of aromatic nitrogens is 2. The van der Waals surface area contributed by atoms with Crippen LogP contribution in [0.25, 0.3) is 16.5 Å². The maximum Gasteiger partial charge on any atom is 0.410 e. The second-order valence-electron chi connectivity index (χ2n) is 10.7. The molecule has 3 aromatic rings. The number of nitrogen functional groups attached to an aromatic ring is 1. The topological polar surface area (TPSA) is 103 Å². The number of hydrogen-bond donors (Lipinski definition) is 2. The van der Waals surface area contributed by atoms with E-state index in [0.29, 0.717) is 59.2 Å². The van der Waals surface area contributed by atoms with Gasteiger partial charge in [0.2, 0.25) is 0 Å². The Hall–Kier alpha value is -3.88. The number of aryl methyl sites for hydroxylation is 2. The molecular formula is C29H36FN5O3. The van der Waals surface area contributed by atoms with Crippen LogP contribution in [0, 0.1) is 19.7 Å². The number of amides is 1. The van der Waals surface area contributed by atoms with E-state index in [1.165, 1.54) is 0 Å². The van der Waals surface area contributed by atoms with E-state index >= 15 is 0 Å². The molecule has 3 N–H and O–H groups in total. The summed E-state index contributed by atoms with van der Waals surface area (Å²) >= 11 is 0. The lowest BCUT2D eigenvalue weighted by molar-refractivity contribution is 0.0270. The molecule has 8 nitrogen and oxygen atoms in total. The van der Waals surface area contributed by atoms with Gasteiger partial charge in [0.1, 0.15) is 28.8 Å². The number of halogens is 1. The van der Waals surface area contributed by atoms with E-state index in [4.69, 9.17) is 15.2 Å². The highest BCUT2D eigenvalue weighted by Gasteiger charge is 2.25. The van der Waals surface area contributed by atoms with Crippen molar-refractivity contribution in [3.63, 3.8) is 0 Å². The molecule has 0 bridgehead atoms. The lowest BCUT2D eigenvalue weighted by atomic mass is 9.96. The fraction of sp³-hybridized carbons (Fsp3) is 0.414. The number of nitrogens with two attached hydrogens (primary N) is 1. The summed E-state index contributed by atoms with van der Waals surface area (Å²) in [5, 5.41) is 4.16. The summed E-state index contributed by atoms with van der Waals surface area (Å²) in [5.74, 6) is 1.56. The number of methoxy groups -OCH3 is 1. The van der Waals surface area contributed by atoms with Crippen molar-refractivity contribution in [2.45, 2.75) is 59.6 Å². The molecule has 2 aromatic carbocycles. The zero-order chi connectivity index (χ0) is 27.8. The van der Waals surface area contributed by atoms with Gasteiger partial charge in [0.15, 0.2) is 0 Å². The van der Waals surface area contributed by atoms with Gasteiger partial charge in [-0.15, -0.1) is 0 Å². The van der Waals surface area contributed by atoms with Gasteiger partial charge in [0.05, 0.1) is 18.7 Å². The Labute approximate surface area is 223 Å². The predicted octanol–water partition coefficient (Wildman–Crippen LogP) is 6.17. The molecule has 1 aromatic heterocycles. The number of nitrogens with zero attached hydrogens (tertiary/aromatic N) is 3. The normalized spacial score (nSPS) is 14.7. The average Bonchev–Trinajstić information content (AvgIpc) is 2.84. The van der Waals surface area contributed by atoms with Crippen LogP contribution in [0.3, 0.4) is 0 Å². The minimum Gasteiger partial charge on any atom is -0.496 e. The number of carbonyl (C=O) groups is 1. The van der Waals surface area contributed by atoms with Gasteiger partial charge < -0.3 is 25.4 Å². The van der Waals surface area contributed by atoms with Gasteiger partial charge >= 0.3 is 6.09 Å². The van der Waals surface area contributed by atoms with Gasteiger partial charge in [-0.1, -0.05) is 6.08 Å². The monoisotopic (exact) mass is 521 g/mol. The van der Waals surface area contributed by atoms with Crippen LogP contribution in [0.4, 0.5) is 20.7 Å². The lowest BCUT2D eigenvalue weighted by Gasteiger charge is -2.30. The van der Waals surface area contributed by atoms with Crippen LogP contribution >= 0.6 is 0 Å². The van der Waals surface area contributed by atoms with Crippen molar-refractivity contribution in [3.05, 3.63) is 58.7 Å². The van der Waals surface area contributed by atoms with Crippen molar-refractivity contribution >= 4 is 34.1 Å². The van der Waals surface area contributed by atoms with E-state index in [1.54, 1.807) is 31.1 Å². The standard InChI is InChI=1S/C29H36FN5O3/c1-16-12-20(31)13-21(26(16)30)17(2)32-27-23-14-22(25(37-7)15-24(23)33-18(3)34-27)19-8-10-35(11-9-19)28(36)38-29(4,5)6/h8,12-15,17H,9-11,31H2,1-7H3,(H,32,33,34)/t17-/m1/s1. The van der Waals surface area contributed by atoms with E-state index in [-0.39, 0.29) is 11.9 Å².